The molecule has 15 heavy (non-hydrogen) atoms. The SMILES string of the molecule is CC(C)(C)CCC(Cc1cccs1)NN. The van der Waals surface area contributed by atoms with Gasteiger partial charge in [0.15, 0.2) is 0 Å². The monoisotopic (exact) mass is 226 g/mol. The lowest BCUT2D eigenvalue weighted by Gasteiger charge is -2.22. The van der Waals surface area contributed by atoms with Crippen molar-refractivity contribution in [2.75, 3.05) is 0 Å². The summed E-state index contributed by atoms with van der Waals surface area (Å²) in [4.78, 5) is 1.41. The highest BCUT2D eigenvalue weighted by Gasteiger charge is 2.15. The average molecular weight is 226 g/mol. The van der Waals surface area contributed by atoms with E-state index in [4.69, 9.17) is 5.84 Å². The maximum atomic E-state index is 5.57. The smallest absolute Gasteiger partial charge is 0.0258 e. The lowest BCUT2D eigenvalue weighted by molar-refractivity contribution is 0.330. The summed E-state index contributed by atoms with van der Waals surface area (Å²) in [5.41, 5.74) is 3.31. The molecule has 0 fully saturated rings. The lowest BCUT2D eigenvalue weighted by Crippen LogP contribution is -2.37. The Morgan fingerprint density at radius 3 is 2.67 bits per heavy atom. The molecular formula is C12H22N2S. The quantitative estimate of drug-likeness (QED) is 0.598. The maximum absolute atomic E-state index is 5.57. The van der Waals surface area contributed by atoms with Crippen LogP contribution in [-0.2, 0) is 6.42 Å². The van der Waals surface area contributed by atoms with E-state index >= 15 is 0 Å². The zero-order chi connectivity index (χ0) is 11.3. The second kappa shape index (κ2) is 5.64. The van der Waals surface area contributed by atoms with E-state index in [2.05, 4.69) is 43.7 Å². The summed E-state index contributed by atoms with van der Waals surface area (Å²) in [5.74, 6) is 5.57. The number of nitrogens with one attached hydrogen (secondary N) is 1. The second-order valence-corrected chi connectivity index (χ2v) is 6.28. The van der Waals surface area contributed by atoms with Crippen LogP contribution in [0.2, 0.25) is 0 Å². The Morgan fingerprint density at radius 1 is 1.47 bits per heavy atom. The third-order valence-electron chi connectivity index (χ3n) is 2.51. The van der Waals surface area contributed by atoms with Crippen molar-refractivity contribution < 1.29 is 0 Å². The number of hydrogen-bond acceptors (Lipinski definition) is 3. The van der Waals surface area contributed by atoms with Gasteiger partial charge < -0.3 is 0 Å². The molecule has 0 aliphatic heterocycles. The summed E-state index contributed by atoms with van der Waals surface area (Å²) in [6.45, 7) is 6.81. The molecule has 1 heterocycles. The van der Waals surface area contributed by atoms with Crippen molar-refractivity contribution in [2.24, 2.45) is 11.3 Å². The van der Waals surface area contributed by atoms with Crippen molar-refractivity contribution in [3.05, 3.63) is 22.4 Å². The van der Waals surface area contributed by atoms with Crippen LogP contribution in [0.4, 0.5) is 0 Å². The van der Waals surface area contributed by atoms with E-state index in [1.54, 1.807) is 11.3 Å². The topological polar surface area (TPSA) is 38.0 Å². The Bertz CT molecular complexity index is 262. The van der Waals surface area contributed by atoms with Crippen molar-refractivity contribution in [1.82, 2.24) is 5.43 Å². The van der Waals surface area contributed by atoms with Crippen molar-refractivity contribution in [1.29, 1.82) is 0 Å². The molecule has 0 saturated carbocycles. The van der Waals surface area contributed by atoms with Gasteiger partial charge in [0.2, 0.25) is 0 Å². The van der Waals surface area contributed by atoms with Gasteiger partial charge in [0, 0.05) is 10.9 Å². The normalized spacial score (nSPS) is 14.1. The van der Waals surface area contributed by atoms with E-state index in [0.717, 1.165) is 12.8 Å². The van der Waals surface area contributed by atoms with E-state index in [0.29, 0.717) is 11.5 Å². The average Bonchev–Trinajstić information content (AvgIpc) is 2.63. The summed E-state index contributed by atoms with van der Waals surface area (Å²) >= 11 is 1.80. The van der Waals surface area contributed by atoms with E-state index in [1.165, 1.54) is 11.3 Å². The van der Waals surface area contributed by atoms with Gasteiger partial charge in [-0.3, -0.25) is 11.3 Å². The summed E-state index contributed by atoms with van der Waals surface area (Å²) in [7, 11) is 0. The van der Waals surface area contributed by atoms with E-state index in [1.807, 2.05) is 0 Å². The first-order valence-electron chi connectivity index (χ1n) is 5.50. The molecule has 0 saturated heterocycles. The van der Waals surface area contributed by atoms with Crippen molar-refractivity contribution >= 4 is 11.3 Å². The molecule has 0 spiro atoms. The molecule has 1 atom stereocenters. The highest BCUT2D eigenvalue weighted by atomic mass is 32.1. The van der Waals surface area contributed by atoms with Crippen LogP contribution in [0.1, 0.15) is 38.5 Å². The Kier molecular flexibility index (Phi) is 4.77. The van der Waals surface area contributed by atoms with Gasteiger partial charge in [-0.25, -0.2) is 0 Å². The Hall–Kier alpha value is -0.380. The van der Waals surface area contributed by atoms with Crippen molar-refractivity contribution in [2.45, 2.75) is 46.1 Å². The third-order valence-corrected chi connectivity index (χ3v) is 3.40. The minimum Gasteiger partial charge on any atom is -0.271 e. The Labute approximate surface area is 96.9 Å². The van der Waals surface area contributed by atoms with Gasteiger partial charge in [0.1, 0.15) is 0 Å². The summed E-state index contributed by atoms with van der Waals surface area (Å²) in [6, 6.07) is 4.67. The molecule has 1 unspecified atom stereocenters. The molecule has 1 rings (SSSR count). The predicted octanol–water partition coefficient (Wildman–Crippen LogP) is 2.95. The van der Waals surface area contributed by atoms with Crippen molar-refractivity contribution in [3.63, 3.8) is 0 Å². The van der Waals surface area contributed by atoms with Gasteiger partial charge in [0.05, 0.1) is 0 Å². The summed E-state index contributed by atoms with van der Waals surface area (Å²) < 4.78 is 0. The molecule has 0 radical (unpaired) electrons. The third kappa shape index (κ3) is 5.30. The standard InChI is InChI=1S/C12H22N2S/c1-12(2,3)7-6-10(14-13)9-11-5-4-8-15-11/h4-5,8,10,14H,6-7,9,13H2,1-3H3. The Balaban J connectivity index is 2.36. The van der Waals surface area contributed by atoms with Crippen LogP contribution >= 0.6 is 11.3 Å². The number of hydrogen-bond donors (Lipinski definition) is 2. The molecule has 3 heteroatoms. The fourth-order valence-corrected chi connectivity index (χ4v) is 2.31. The molecule has 86 valence electrons. The largest absolute Gasteiger partial charge is 0.271 e. The molecule has 2 nitrogen and oxygen atoms in total. The van der Waals surface area contributed by atoms with Gasteiger partial charge in [-0.15, -0.1) is 11.3 Å². The molecule has 1 aromatic rings. The van der Waals surface area contributed by atoms with Gasteiger partial charge in [0.25, 0.3) is 0 Å². The number of nitrogens with two attached hydrogens (primary N) is 1. The molecule has 0 amide bonds. The minimum atomic E-state index is 0.393. The summed E-state index contributed by atoms with van der Waals surface area (Å²) in [5, 5.41) is 2.12. The van der Waals surface area contributed by atoms with E-state index in [9.17, 15) is 0 Å². The van der Waals surface area contributed by atoms with Crippen LogP contribution in [0.5, 0.6) is 0 Å². The summed E-state index contributed by atoms with van der Waals surface area (Å²) in [6.07, 6.45) is 3.38. The highest BCUT2D eigenvalue weighted by Crippen LogP contribution is 2.23. The molecular weight excluding hydrogens is 204 g/mol. The van der Waals surface area contributed by atoms with Crippen LogP contribution < -0.4 is 11.3 Å². The zero-order valence-corrected chi connectivity index (χ0v) is 10.7. The molecule has 1 aromatic heterocycles. The van der Waals surface area contributed by atoms with Crippen molar-refractivity contribution in [3.8, 4) is 0 Å². The molecule has 0 aliphatic carbocycles. The number of hydrazine groups is 1. The first-order valence-corrected chi connectivity index (χ1v) is 6.38. The van der Waals surface area contributed by atoms with Crippen LogP contribution in [0, 0.1) is 5.41 Å². The first kappa shape index (κ1) is 12.7. The zero-order valence-electron chi connectivity index (χ0n) is 9.92. The molecule has 0 bridgehead atoms. The second-order valence-electron chi connectivity index (χ2n) is 5.25. The van der Waals surface area contributed by atoms with Gasteiger partial charge in [-0.2, -0.15) is 0 Å². The molecule has 0 aromatic carbocycles. The molecule has 3 N–H and O–H groups in total. The fraction of sp³-hybridized carbons (Fsp3) is 0.667. The first-order chi connectivity index (χ1) is 7.01. The van der Waals surface area contributed by atoms with Gasteiger partial charge in [-0.1, -0.05) is 26.8 Å². The fourth-order valence-electron chi connectivity index (χ4n) is 1.52. The van der Waals surface area contributed by atoms with Gasteiger partial charge in [-0.05, 0) is 36.1 Å². The maximum Gasteiger partial charge on any atom is 0.0258 e. The van der Waals surface area contributed by atoms with Crippen LogP contribution in [-0.4, -0.2) is 6.04 Å². The van der Waals surface area contributed by atoms with Gasteiger partial charge >= 0.3 is 0 Å². The van der Waals surface area contributed by atoms with E-state index in [-0.39, 0.29) is 0 Å². The van der Waals surface area contributed by atoms with Crippen LogP contribution in [0.25, 0.3) is 0 Å². The van der Waals surface area contributed by atoms with Crippen LogP contribution in [0.3, 0.4) is 0 Å². The lowest BCUT2D eigenvalue weighted by atomic mass is 9.88. The minimum absolute atomic E-state index is 0.393. The Morgan fingerprint density at radius 2 is 2.20 bits per heavy atom. The molecule has 0 aliphatic rings. The number of thiophene rings is 1. The van der Waals surface area contributed by atoms with Crippen LogP contribution in [0.15, 0.2) is 17.5 Å². The van der Waals surface area contributed by atoms with E-state index < -0.39 is 0 Å². The predicted molar refractivity (Wildman–Crippen MR) is 67.8 cm³/mol. The highest BCUT2D eigenvalue weighted by molar-refractivity contribution is 7.09. The number of rotatable bonds is 5.